The maximum absolute atomic E-state index is 5.75. The summed E-state index contributed by atoms with van der Waals surface area (Å²) < 4.78 is 0. The van der Waals surface area contributed by atoms with E-state index in [1.54, 1.807) is 0 Å². The van der Waals surface area contributed by atoms with Crippen LogP contribution in [0.1, 0.15) is 32.6 Å². The van der Waals surface area contributed by atoms with Crippen LogP contribution in [-0.4, -0.2) is 6.04 Å². The number of hydrogen-bond acceptors (Lipinski definition) is 1. The quantitative estimate of drug-likeness (QED) is 0.569. The van der Waals surface area contributed by atoms with Crippen LogP contribution in [0.5, 0.6) is 0 Å². The first-order chi connectivity index (χ1) is 4.30. The van der Waals surface area contributed by atoms with Gasteiger partial charge in [0.1, 0.15) is 0 Å². The summed E-state index contributed by atoms with van der Waals surface area (Å²) in [7, 11) is 0. The molecule has 0 aromatic rings. The third-order valence-corrected chi connectivity index (χ3v) is 2.23. The summed E-state index contributed by atoms with van der Waals surface area (Å²) >= 11 is 0. The fourth-order valence-corrected chi connectivity index (χ4v) is 1.48. The molecule has 1 atom stereocenters. The predicted octanol–water partition coefficient (Wildman–Crippen LogP) is 1.73. The fourth-order valence-electron chi connectivity index (χ4n) is 1.48. The van der Waals surface area contributed by atoms with E-state index in [1.807, 2.05) is 0 Å². The lowest BCUT2D eigenvalue weighted by Crippen LogP contribution is -2.28. The standard InChI is InChI=1S/C8H16N/c1-7(9)8-5-3-2-4-6-8/h2,7-8H,3-6,9H2,1H3/t7-/m0/s1. The summed E-state index contributed by atoms with van der Waals surface area (Å²) in [6, 6.07) is 0.415. The average Bonchev–Trinajstić information content (AvgIpc) is 1.90. The highest BCUT2D eigenvalue weighted by Gasteiger charge is 2.16. The highest BCUT2D eigenvalue weighted by Crippen LogP contribution is 2.24. The fraction of sp³-hybridized carbons (Fsp3) is 0.875. The van der Waals surface area contributed by atoms with Gasteiger partial charge in [-0.1, -0.05) is 0 Å². The lowest BCUT2D eigenvalue weighted by Gasteiger charge is -2.24. The molecule has 0 bridgehead atoms. The summed E-state index contributed by atoms with van der Waals surface area (Å²) in [5.74, 6) is 0.801. The summed E-state index contributed by atoms with van der Waals surface area (Å²) in [5.41, 5.74) is 5.75. The smallest absolute Gasteiger partial charge is 0.00387 e. The Balaban J connectivity index is 2.23. The Kier molecular flexibility index (Phi) is 2.52. The Morgan fingerprint density at radius 3 is 2.33 bits per heavy atom. The molecule has 1 heteroatoms. The minimum atomic E-state index is 0.415. The van der Waals surface area contributed by atoms with E-state index in [1.165, 1.54) is 25.7 Å². The van der Waals surface area contributed by atoms with Crippen molar-refractivity contribution in [3.63, 3.8) is 0 Å². The van der Waals surface area contributed by atoms with Crippen LogP contribution in [0, 0.1) is 12.3 Å². The van der Waals surface area contributed by atoms with Gasteiger partial charge in [0.25, 0.3) is 0 Å². The van der Waals surface area contributed by atoms with Gasteiger partial charge in [-0.05, 0) is 44.9 Å². The highest BCUT2D eigenvalue weighted by atomic mass is 14.6. The molecule has 1 radical (unpaired) electrons. The van der Waals surface area contributed by atoms with Crippen molar-refractivity contribution in [1.29, 1.82) is 0 Å². The molecule has 0 aromatic heterocycles. The van der Waals surface area contributed by atoms with Crippen LogP contribution in [0.3, 0.4) is 0 Å². The first-order valence-corrected chi connectivity index (χ1v) is 3.88. The maximum atomic E-state index is 5.75. The largest absolute Gasteiger partial charge is 0.328 e. The van der Waals surface area contributed by atoms with E-state index in [-0.39, 0.29) is 0 Å². The molecule has 0 saturated heterocycles. The van der Waals surface area contributed by atoms with Gasteiger partial charge in [-0.2, -0.15) is 0 Å². The van der Waals surface area contributed by atoms with Crippen LogP contribution < -0.4 is 5.73 Å². The Bertz CT molecular complexity index is 72.6. The zero-order chi connectivity index (χ0) is 6.69. The molecule has 1 aliphatic carbocycles. The third kappa shape index (κ3) is 1.98. The molecule has 2 N–H and O–H groups in total. The molecular weight excluding hydrogens is 110 g/mol. The second kappa shape index (κ2) is 3.21. The molecule has 1 rings (SSSR count). The predicted molar refractivity (Wildman–Crippen MR) is 39.9 cm³/mol. The van der Waals surface area contributed by atoms with Crippen molar-refractivity contribution in [2.24, 2.45) is 11.7 Å². The molecule has 0 heterocycles. The van der Waals surface area contributed by atoms with E-state index in [0.29, 0.717) is 6.04 Å². The maximum Gasteiger partial charge on any atom is 0.00387 e. The first-order valence-electron chi connectivity index (χ1n) is 3.88. The zero-order valence-corrected chi connectivity index (χ0v) is 6.14. The summed E-state index contributed by atoms with van der Waals surface area (Å²) in [5, 5.41) is 0. The van der Waals surface area contributed by atoms with Crippen LogP contribution in [0.15, 0.2) is 0 Å². The second-order valence-corrected chi connectivity index (χ2v) is 3.06. The zero-order valence-electron chi connectivity index (χ0n) is 6.14. The van der Waals surface area contributed by atoms with Gasteiger partial charge < -0.3 is 5.73 Å². The molecule has 53 valence electrons. The summed E-state index contributed by atoms with van der Waals surface area (Å²) in [6.45, 7) is 2.12. The average molecular weight is 126 g/mol. The number of nitrogens with two attached hydrogens (primary N) is 1. The van der Waals surface area contributed by atoms with Gasteiger partial charge in [0.2, 0.25) is 0 Å². The molecule has 9 heavy (non-hydrogen) atoms. The molecule has 0 amide bonds. The van der Waals surface area contributed by atoms with E-state index in [4.69, 9.17) is 5.73 Å². The Labute approximate surface area is 57.6 Å². The highest BCUT2D eigenvalue weighted by molar-refractivity contribution is 4.80. The van der Waals surface area contributed by atoms with Crippen molar-refractivity contribution >= 4 is 0 Å². The molecule has 0 aromatic carbocycles. The molecule has 1 fully saturated rings. The topological polar surface area (TPSA) is 26.0 Å². The van der Waals surface area contributed by atoms with Gasteiger partial charge in [-0.15, -0.1) is 0 Å². The van der Waals surface area contributed by atoms with Crippen molar-refractivity contribution in [3.05, 3.63) is 6.42 Å². The summed E-state index contributed by atoms with van der Waals surface area (Å²) in [4.78, 5) is 0. The van der Waals surface area contributed by atoms with E-state index in [2.05, 4.69) is 13.3 Å². The Morgan fingerprint density at radius 1 is 1.44 bits per heavy atom. The Morgan fingerprint density at radius 2 is 2.00 bits per heavy atom. The minimum absolute atomic E-state index is 0.415. The normalized spacial score (nSPS) is 26.0. The molecule has 1 nitrogen and oxygen atoms in total. The minimum Gasteiger partial charge on any atom is -0.328 e. The van der Waals surface area contributed by atoms with E-state index in [9.17, 15) is 0 Å². The van der Waals surface area contributed by atoms with Crippen molar-refractivity contribution in [2.75, 3.05) is 0 Å². The monoisotopic (exact) mass is 126 g/mol. The van der Waals surface area contributed by atoms with E-state index < -0.39 is 0 Å². The molecule has 0 aliphatic heterocycles. The van der Waals surface area contributed by atoms with Gasteiger partial charge in [0.05, 0.1) is 0 Å². The summed E-state index contributed by atoms with van der Waals surface area (Å²) in [6.07, 6.45) is 7.58. The molecule has 1 saturated carbocycles. The first kappa shape index (κ1) is 7.07. The third-order valence-electron chi connectivity index (χ3n) is 2.23. The van der Waals surface area contributed by atoms with Gasteiger partial charge in [-0.3, -0.25) is 0 Å². The van der Waals surface area contributed by atoms with Crippen LogP contribution in [0.2, 0.25) is 0 Å². The van der Waals surface area contributed by atoms with Gasteiger partial charge in [-0.25, -0.2) is 0 Å². The Hall–Kier alpha value is -0.0400. The molecule has 0 spiro atoms. The lowest BCUT2D eigenvalue weighted by atomic mass is 9.85. The van der Waals surface area contributed by atoms with Crippen LogP contribution in [0.4, 0.5) is 0 Å². The van der Waals surface area contributed by atoms with Gasteiger partial charge >= 0.3 is 0 Å². The van der Waals surface area contributed by atoms with Crippen molar-refractivity contribution in [3.8, 4) is 0 Å². The van der Waals surface area contributed by atoms with E-state index in [0.717, 1.165) is 5.92 Å². The van der Waals surface area contributed by atoms with Gasteiger partial charge in [0.15, 0.2) is 0 Å². The second-order valence-electron chi connectivity index (χ2n) is 3.06. The van der Waals surface area contributed by atoms with Crippen molar-refractivity contribution < 1.29 is 0 Å². The van der Waals surface area contributed by atoms with Crippen LogP contribution >= 0.6 is 0 Å². The van der Waals surface area contributed by atoms with Crippen LogP contribution in [0.25, 0.3) is 0 Å². The molecular formula is C8H16N. The van der Waals surface area contributed by atoms with Crippen molar-refractivity contribution in [1.82, 2.24) is 0 Å². The van der Waals surface area contributed by atoms with Gasteiger partial charge in [0, 0.05) is 6.04 Å². The van der Waals surface area contributed by atoms with Crippen LogP contribution in [-0.2, 0) is 0 Å². The molecule has 0 unspecified atom stereocenters. The molecule has 1 aliphatic rings. The number of rotatable bonds is 1. The van der Waals surface area contributed by atoms with Crippen molar-refractivity contribution in [2.45, 2.75) is 38.6 Å². The van der Waals surface area contributed by atoms with E-state index >= 15 is 0 Å². The SMILES string of the molecule is C[C@H](N)C1CC[CH]CC1. The lowest BCUT2D eigenvalue weighted by molar-refractivity contribution is 0.352. The number of hydrogen-bond donors (Lipinski definition) is 1.